The highest BCUT2D eigenvalue weighted by Crippen LogP contribution is 2.40. The van der Waals surface area contributed by atoms with Crippen molar-refractivity contribution in [2.45, 2.75) is 63.3 Å². The topological polar surface area (TPSA) is 86.8 Å². The van der Waals surface area contributed by atoms with Crippen LogP contribution in [0.1, 0.15) is 51.5 Å². The number of sulfonamides is 1. The summed E-state index contributed by atoms with van der Waals surface area (Å²) in [6.45, 7) is 5.39. The van der Waals surface area contributed by atoms with Crippen molar-refractivity contribution in [1.29, 1.82) is 0 Å². The van der Waals surface area contributed by atoms with Crippen LogP contribution in [0.4, 0.5) is 5.69 Å². The molecule has 1 atom stereocenters. The van der Waals surface area contributed by atoms with Crippen molar-refractivity contribution >= 4 is 27.5 Å². The Hall–Kier alpha value is -1.93. The largest absolute Gasteiger partial charge is 0.356 e. The van der Waals surface area contributed by atoms with Crippen LogP contribution < -0.4 is 10.2 Å². The van der Waals surface area contributed by atoms with Gasteiger partial charge in [0.1, 0.15) is 0 Å². The number of rotatable bonds is 6. The van der Waals surface area contributed by atoms with E-state index in [1.54, 1.807) is 18.2 Å². The third-order valence-corrected chi connectivity index (χ3v) is 8.34. The van der Waals surface area contributed by atoms with E-state index in [1.807, 2.05) is 18.7 Å². The molecule has 1 saturated heterocycles. The van der Waals surface area contributed by atoms with Gasteiger partial charge >= 0.3 is 0 Å². The van der Waals surface area contributed by atoms with Crippen LogP contribution in [-0.4, -0.2) is 50.2 Å². The molecule has 1 N–H and O–H groups in total. The third kappa shape index (κ3) is 3.99. The van der Waals surface area contributed by atoms with Crippen LogP contribution in [0.2, 0.25) is 0 Å². The van der Waals surface area contributed by atoms with Crippen molar-refractivity contribution < 1.29 is 18.0 Å². The molecular weight excluding hydrogens is 402 g/mol. The quantitative estimate of drug-likeness (QED) is 0.746. The van der Waals surface area contributed by atoms with Gasteiger partial charge in [-0.3, -0.25) is 9.59 Å². The fourth-order valence-electron chi connectivity index (χ4n) is 4.53. The molecule has 0 unspecified atom stereocenters. The van der Waals surface area contributed by atoms with Crippen LogP contribution in [0.15, 0.2) is 23.1 Å². The number of hydrogen-bond acceptors (Lipinski definition) is 4. The first-order valence-electron chi connectivity index (χ1n) is 11.1. The van der Waals surface area contributed by atoms with Gasteiger partial charge in [0.05, 0.1) is 4.90 Å². The van der Waals surface area contributed by atoms with E-state index in [-0.39, 0.29) is 34.6 Å². The standard InChI is InChI=1S/C22H31N3O4S/c1-3-10-23-21(26)16-8-11-24(12-9-16)30(28,29)19-6-7-20-18(14-19)13-15(2)25(20)22(27)17-4-5-17/h6-7,14-17H,3-5,8-13H2,1-2H3,(H,23,26)/t15-/m1/s1. The highest BCUT2D eigenvalue weighted by Gasteiger charge is 2.40. The zero-order valence-electron chi connectivity index (χ0n) is 17.8. The Morgan fingerprint density at radius 2 is 1.80 bits per heavy atom. The summed E-state index contributed by atoms with van der Waals surface area (Å²) in [6, 6.07) is 5.21. The summed E-state index contributed by atoms with van der Waals surface area (Å²) < 4.78 is 27.9. The molecule has 30 heavy (non-hydrogen) atoms. The first kappa shape index (κ1) is 21.3. The summed E-state index contributed by atoms with van der Waals surface area (Å²) >= 11 is 0. The van der Waals surface area contributed by atoms with Crippen molar-refractivity contribution in [3.63, 3.8) is 0 Å². The van der Waals surface area contributed by atoms with Gasteiger partial charge in [-0.15, -0.1) is 0 Å². The molecule has 8 heteroatoms. The fourth-order valence-corrected chi connectivity index (χ4v) is 6.05. The number of amides is 2. The van der Waals surface area contributed by atoms with Crippen LogP contribution >= 0.6 is 0 Å². The van der Waals surface area contributed by atoms with Crippen molar-refractivity contribution in [2.24, 2.45) is 11.8 Å². The predicted molar refractivity (Wildman–Crippen MR) is 115 cm³/mol. The summed E-state index contributed by atoms with van der Waals surface area (Å²) in [5.74, 6) is 0.213. The van der Waals surface area contributed by atoms with E-state index in [2.05, 4.69) is 5.32 Å². The summed E-state index contributed by atoms with van der Waals surface area (Å²) in [6.07, 6.45) is 4.56. The van der Waals surface area contributed by atoms with E-state index in [0.717, 1.165) is 30.5 Å². The summed E-state index contributed by atoms with van der Waals surface area (Å²) in [5, 5.41) is 2.91. The molecule has 2 fully saturated rings. The van der Waals surface area contributed by atoms with Crippen molar-refractivity contribution in [1.82, 2.24) is 9.62 Å². The molecule has 0 radical (unpaired) electrons. The van der Waals surface area contributed by atoms with Crippen LogP contribution in [0.5, 0.6) is 0 Å². The van der Waals surface area contributed by atoms with Gasteiger partial charge in [0.25, 0.3) is 0 Å². The Morgan fingerprint density at radius 1 is 1.10 bits per heavy atom. The lowest BCUT2D eigenvalue weighted by molar-refractivity contribution is -0.126. The van der Waals surface area contributed by atoms with E-state index < -0.39 is 10.0 Å². The highest BCUT2D eigenvalue weighted by molar-refractivity contribution is 7.89. The normalized spacial score (nSPS) is 22.7. The number of nitrogens with one attached hydrogen (secondary N) is 1. The fraction of sp³-hybridized carbons (Fsp3) is 0.636. The summed E-state index contributed by atoms with van der Waals surface area (Å²) in [7, 11) is -3.61. The first-order chi connectivity index (χ1) is 14.3. The van der Waals surface area contributed by atoms with Gasteiger partial charge in [-0.2, -0.15) is 4.31 Å². The number of hydrogen-bond donors (Lipinski definition) is 1. The molecule has 1 aromatic rings. The Labute approximate surface area is 178 Å². The monoisotopic (exact) mass is 433 g/mol. The van der Waals surface area contributed by atoms with E-state index in [4.69, 9.17) is 0 Å². The minimum absolute atomic E-state index is 0.0286. The van der Waals surface area contributed by atoms with Gasteiger partial charge in [0, 0.05) is 43.2 Å². The number of benzene rings is 1. The Balaban J connectivity index is 1.46. The van der Waals surface area contributed by atoms with Crippen molar-refractivity contribution in [3.05, 3.63) is 23.8 Å². The SMILES string of the molecule is CCCNC(=O)C1CCN(S(=O)(=O)c2ccc3c(c2)C[C@@H](C)N3C(=O)C2CC2)CC1. The summed E-state index contributed by atoms with van der Waals surface area (Å²) in [5.41, 5.74) is 1.77. The zero-order valence-corrected chi connectivity index (χ0v) is 18.6. The molecular formula is C22H31N3O4S. The lowest BCUT2D eigenvalue weighted by Crippen LogP contribution is -2.43. The number of fused-ring (bicyclic) bond motifs is 1. The second kappa shape index (κ2) is 8.30. The van der Waals surface area contributed by atoms with Crippen LogP contribution in [0, 0.1) is 11.8 Å². The minimum Gasteiger partial charge on any atom is -0.356 e. The second-order valence-corrected chi connectivity index (χ2v) is 10.7. The van der Waals surface area contributed by atoms with Gasteiger partial charge < -0.3 is 10.2 Å². The average molecular weight is 434 g/mol. The molecule has 2 aliphatic heterocycles. The predicted octanol–water partition coefficient (Wildman–Crippen LogP) is 2.30. The zero-order chi connectivity index (χ0) is 21.5. The molecule has 1 aromatic carbocycles. The van der Waals surface area contributed by atoms with E-state index in [1.165, 1.54) is 4.31 Å². The number of carbonyl (C=O) groups is 2. The van der Waals surface area contributed by atoms with Crippen molar-refractivity contribution in [3.8, 4) is 0 Å². The molecule has 3 aliphatic rings. The highest BCUT2D eigenvalue weighted by atomic mass is 32.2. The molecule has 0 spiro atoms. The van der Waals surface area contributed by atoms with Gasteiger partial charge in [0.2, 0.25) is 21.8 Å². The maximum Gasteiger partial charge on any atom is 0.243 e. The minimum atomic E-state index is -3.61. The van der Waals surface area contributed by atoms with E-state index in [9.17, 15) is 18.0 Å². The third-order valence-electron chi connectivity index (χ3n) is 6.44. The average Bonchev–Trinajstić information content (AvgIpc) is 3.53. The first-order valence-corrected chi connectivity index (χ1v) is 12.5. The van der Waals surface area contributed by atoms with Gasteiger partial charge in [0.15, 0.2) is 0 Å². The number of piperidine rings is 1. The van der Waals surface area contributed by atoms with E-state index in [0.29, 0.717) is 38.9 Å². The lowest BCUT2D eigenvalue weighted by atomic mass is 9.97. The molecule has 7 nitrogen and oxygen atoms in total. The van der Waals surface area contributed by atoms with Gasteiger partial charge in [-0.1, -0.05) is 6.92 Å². The Bertz CT molecular complexity index is 934. The number of carbonyl (C=O) groups excluding carboxylic acids is 2. The maximum absolute atomic E-state index is 13.2. The molecule has 0 aromatic heterocycles. The number of anilines is 1. The lowest BCUT2D eigenvalue weighted by Gasteiger charge is -2.30. The molecule has 1 saturated carbocycles. The second-order valence-electron chi connectivity index (χ2n) is 8.80. The molecule has 0 bridgehead atoms. The van der Waals surface area contributed by atoms with Crippen LogP contribution in [-0.2, 0) is 26.0 Å². The molecule has 2 heterocycles. The van der Waals surface area contributed by atoms with Crippen molar-refractivity contribution in [2.75, 3.05) is 24.5 Å². The number of nitrogens with zero attached hydrogens (tertiary/aromatic N) is 2. The van der Waals surface area contributed by atoms with Crippen LogP contribution in [0.25, 0.3) is 0 Å². The molecule has 2 amide bonds. The summed E-state index contributed by atoms with van der Waals surface area (Å²) in [4.78, 5) is 26.9. The maximum atomic E-state index is 13.2. The van der Waals surface area contributed by atoms with Gasteiger partial charge in [-0.05, 0) is 69.2 Å². The smallest absolute Gasteiger partial charge is 0.243 e. The molecule has 1 aliphatic carbocycles. The van der Waals surface area contributed by atoms with E-state index >= 15 is 0 Å². The Morgan fingerprint density at radius 3 is 2.43 bits per heavy atom. The molecule has 4 rings (SSSR count). The van der Waals surface area contributed by atoms with Crippen LogP contribution in [0.3, 0.4) is 0 Å². The van der Waals surface area contributed by atoms with Gasteiger partial charge in [-0.25, -0.2) is 8.42 Å². The molecule has 164 valence electrons. The Kier molecular flexibility index (Phi) is 5.90.